The van der Waals surface area contributed by atoms with Crippen molar-refractivity contribution in [1.29, 1.82) is 0 Å². The average molecular weight is 356 g/mol. The summed E-state index contributed by atoms with van der Waals surface area (Å²) in [5.74, 6) is 0.906. The maximum absolute atomic E-state index is 10.9. The molecule has 3 aliphatic rings. The molecule has 0 unspecified atom stereocenters. The molecule has 25 heavy (non-hydrogen) atoms. The van der Waals surface area contributed by atoms with E-state index in [1.807, 2.05) is 26.0 Å². The highest BCUT2D eigenvalue weighted by molar-refractivity contribution is 5.77. The van der Waals surface area contributed by atoms with Crippen LogP contribution in [0, 0.1) is 0 Å². The third-order valence-corrected chi connectivity index (χ3v) is 4.68. The highest BCUT2D eigenvalue weighted by Crippen LogP contribution is 2.08. The van der Waals surface area contributed by atoms with Crippen molar-refractivity contribution in [3.8, 4) is 0 Å². The molecule has 3 rings (SSSR count). The molecular formula is C19H37N3O3. The molecule has 0 spiro atoms. The minimum Gasteiger partial charge on any atom is -0.346 e. The normalized spacial score (nSPS) is 20.8. The molecule has 3 aliphatic heterocycles. The monoisotopic (exact) mass is 355 g/mol. The summed E-state index contributed by atoms with van der Waals surface area (Å²) in [6.45, 7) is 2.87. The van der Waals surface area contributed by atoms with Gasteiger partial charge in [-0.05, 0) is 32.1 Å². The minimum atomic E-state index is 0. The first-order chi connectivity index (χ1) is 11.4. The number of nitrogens with zero attached hydrogens (tertiary/aromatic N) is 3. The van der Waals surface area contributed by atoms with Gasteiger partial charge in [0.2, 0.25) is 17.7 Å². The van der Waals surface area contributed by atoms with Crippen LogP contribution in [0.3, 0.4) is 0 Å². The average Bonchev–Trinajstić information content (AvgIpc) is 2.83. The number of amides is 3. The molecule has 3 fully saturated rings. The molecule has 3 saturated heterocycles. The molecule has 0 aromatic carbocycles. The lowest BCUT2D eigenvalue weighted by Gasteiger charge is -2.21. The van der Waals surface area contributed by atoms with Crippen LogP contribution in [0.25, 0.3) is 0 Å². The predicted molar refractivity (Wildman–Crippen MR) is 101 cm³/mol. The van der Waals surface area contributed by atoms with E-state index in [4.69, 9.17) is 0 Å². The lowest BCUT2D eigenvalue weighted by Crippen LogP contribution is -2.31. The Bertz CT molecular complexity index is 426. The van der Waals surface area contributed by atoms with E-state index in [0.717, 1.165) is 58.2 Å². The second-order valence-electron chi connectivity index (χ2n) is 6.82. The largest absolute Gasteiger partial charge is 0.346 e. The third-order valence-electron chi connectivity index (χ3n) is 4.68. The number of rotatable bonds is 0. The molecule has 0 aromatic heterocycles. The van der Waals surface area contributed by atoms with Gasteiger partial charge in [0.25, 0.3) is 0 Å². The molecule has 3 heterocycles. The van der Waals surface area contributed by atoms with Crippen molar-refractivity contribution in [3.63, 3.8) is 0 Å². The first kappa shape index (κ1) is 23.4. The maximum atomic E-state index is 10.9. The van der Waals surface area contributed by atoms with E-state index in [1.54, 1.807) is 9.80 Å². The Labute approximate surface area is 153 Å². The Hall–Kier alpha value is -1.59. The number of likely N-dealkylation sites (tertiary alicyclic amines) is 3. The van der Waals surface area contributed by atoms with Gasteiger partial charge in [0.1, 0.15) is 0 Å². The minimum absolute atomic E-state index is 0. The van der Waals surface area contributed by atoms with Crippen molar-refractivity contribution in [2.45, 2.75) is 65.2 Å². The molecular weight excluding hydrogens is 318 g/mol. The van der Waals surface area contributed by atoms with Crippen LogP contribution in [-0.2, 0) is 14.4 Å². The van der Waals surface area contributed by atoms with E-state index in [0.29, 0.717) is 17.7 Å². The number of hydrogen-bond acceptors (Lipinski definition) is 3. The maximum Gasteiger partial charge on any atom is 0.222 e. The SMILES string of the molecule is C.CN1CCCC1=O.CN1CCCCC1=O.CN1CCCCCC1=O. The van der Waals surface area contributed by atoms with E-state index < -0.39 is 0 Å². The van der Waals surface area contributed by atoms with Crippen molar-refractivity contribution in [3.05, 3.63) is 0 Å². The second-order valence-corrected chi connectivity index (χ2v) is 6.82. The van der Waals surface area contributed by atoms with Gasteiger partial charge < -0.3 is 14.7 Å². The highest BCUT2D eigenvalue weighted by Gasteiger charge is 2.14. The topological polar surface area (TPSA) is 60.9 Å². The number of hydrogen-bond donors (Lipinski definition) is 0. The van der Waals surface area contributed by atoms with Gasteiger partial charge in [0.15, 0.2) is 0 Å². The summed E-state index contributed by atoms with van der Waals surface area (Å²) in [5, 5.41) is 0. The van der Waals surface area contributed by atoms with Crippen LogP contribution in [0.4, 0.5) is 0 Å². The fourth-order valence-corrected chi connectivity index (χ4v) is 2.84. The second kappa shape index (κ2) is 12.7. The number of carbonyl (C=O) groups excluding carboxylic acids is 3. The molecule has 0 N–H and O–H groups in total. The first-order valence-electron chi connectivity index (χ1n) is 9.13. The predicted octanol–water partition coefficient (Wildman–Crippen LogP) is 2.52. The Morgan fingerprint density at radius 2 is 0.840 bits per heavy atom. The summed E-state index contributed by atoms with van der Waals surface area (Å²) in [6.07, 6.45) is 9.09. The van der Waals surface area contributed by atoms with Gasteiger partial charge in [-0.1, -0.05) is 13.8 Å². The Morgan fingerprint density at radius 3 is 1.24 bits per heavy atom. The van der Waals surface area contributed by atoms with Gasteiger partial charge in [-0.2, -0.15) is 0 Å². The zero-order valence-electron chi connectivity index (χ0n) is 15.6. The Balaban J connectivity index is 0.000000341. The zero-order chi connectivity index (χ0) is 17.9. The smallest absolute Gasteiger partial charge is 0.222 e. The number of carbonyl (C=O) groups is 3. The zero-order valence-corrected chi connectivity index (χ0v) is 15.6. The molecule has 3 amide bonds. The lowest BCUT2D eigenvalue weighted by molar-refractivity contribution is -0.132. The summed E-state index contributed by atoms with van der Waals surface area (Å²) in [5.41, 5.74) is 0. The molecule has 0 radical (unpaired) electrons. The van der Waals surface area contributed by atoms with E-state index in [2.05, 4.69) is 0 Å². The first-order valence-corrected chi connectivity index (χ1v) is 9.13. The highest BCUT2D eigenvalue weighted by atomic mass is 16.2. The molecule has 0 atom stereocenters. The lowest BCUT2D eigenvalue weighted by atomic mass is 10.1. The van der Waals surface area contributed by atoms with Crippen LogP contribution < -0.4 is 0 Å². The van der Waals surface area contributed by atoms with Crippen LogP contribution in [0.5, 0.6) is 0 Å². The van der Waals surface area contributed by atoms with Crippen molar-refractivity contribution in [2.75, 3.05) is 40.8 Å². The fourth-order valence-electron chi connectivity index (χ4n) is 2.84. The Kier molecular flexibility index (Phi) is 11.9. The molecule has 0 aliphatic carbocycles. The number of piperidine rings is 1. The van der Waals surface area contributed by atoms with Gasteiger partial charge in [-0.3, -0.25) is 14.4 Å². The summed E-state index contributed by atoms with van der Waals surface area (Å²) < 4.78 is 0. The Morgan fingerprint density at radius 1 is 0.520 bits per heavy atom. The van der Waals surface area contributed by atoms with Gasteiger partial charge >= 0.3 is 0 Å². The van der Waals surface area contributed by atoms with Crippen LogP contribution >= 0.6 is 0 Å². The summed E-state index contributed by atoms with van der Waals surface area (Å²) in [6, 6.07) is 0. The molecule has 0 saturated carbocycles. The molecule has 6 nitrogen and oxygen atoms in total. The summed E-state index contributed by atoms with van der Waals surface area (Å²) in [4.78, 5) is 37.5. The van der Waals surface area contributed by atoms with Crippen molar-refractivity contribution >= 4 is 17.7 Å². The summed E-state index contributed by atoms with van der Waals surface area (Å²) >= 11 is 0. The van der Waals surface area contributed by atoms with E-state index >= 15 is 0 Å². The van der Waals surface area contributed by atoms with Crippen LogP contribution in [0.1, 0.15) is 65.2 Å². The van der Waals surface area contributed by atoms with Gasteiger partial charge in [0.05, 0.1) is 0 Å². The quantitative estimate of drug-likeness (QED) is 0.671. The van der Waals surface area contributed by atoms with Gasteiger partial charge in [-0.15, -0.1) is 0 Å². The van der Waals surface area contributed by atoms with Gasteiger partial charge in [0, 0.05) is 60.0 Å². The van der Waals surface area contributed by atoms with Crippen molar-refractivity contribution in [2.24, 2.45) is 0 Å². The molecule has 6 heteroatoms. The van der Waals surface area contributed by atoms with Crippen LogP contribution in [0.2, 0.25) is 0 Å². The van der Waals surface area contributed by atoms with Crippen molar-refractivity contribution in [1.82, 2.24) is 14.7 Å². The fraction of sp³-hybridized carbons (Fsp3) is 0.842. The third kappa shape index (κ3) is 9.46. The molecule has 146 valence electrons. The molecule has 0 aromatic rings. The van der Waals surface area contributed by atoms with E-state index in [-0.39, 0.29) is 7.43 Å². The van der Waals surface area contributed by atoms with E-state index in [1.165, 1.54) is 19.3 Å². The van der Waals surface area contributed by atoms with E-state index in [9.17, 15) is 14.4 Å². The van der Waals surface area contributed by atoms with Crippen LogP contribution in [0.15, 0.2) is 0 Å². The standard InChI is InChI=1S/C7H13NO.C6H11NO.C5H9NO.CH4/c1-8-6-4-2-3-5-7(8)9;1-7-5-3-2-4-6(7)8;1-6-4-2-3-5(6)7;/h2-6H2,1H3;2-5H2,1H3;2-4H2,1H3;1H4. The van der Waals surface area contributed by atoms with Crippen molar-refractivity contribution < 1.29 is 14.4 Å². The summed E-state index contributed by atoms with van der Waals surface area (Å²) in [7, 11) is 5.59. The van der Waals surface area contributed by atoms with Gasteiger partial charge in [-0.25, -0.2) is 0 Å². The van der Waals surface area contributed by atoms with Crippen LogP contribution in [-0.4, -0.2) is 73.2 Å². The molecule has 0 bridgehead atoms.